The van der Waals surface area contributed by atoms with Crippen LogP contribution in [-0.4, -0.2) is 78.2 Å². The summed E-state index contributed by atoms with van der Waals surface area (Å²) in [5, 5.41) is 12.4. The summed E-state index contributed by atoms with van der Waals surface area (Å²) in [5.41, 5.74) is 5.81. The van der Waals surface area contributed by atoms with E-state index in [-0.39, 0.29) is 29.6 Å². The Kier molecular flexibility index (Phi) is 7.29. The largest absolute Gasteiger partial charge is 0.465 e. The molecule has 2 saturated heterocycles. The average molecular weight is 575 g/mol. The Morgan fingerprint density at radius 3 is 2.66 bits per heavy atom. The van der Waals surface area contributed by atoms with Gasteiger partial charge in [-0.2, -0.15) is 0 Å². The van der Waals surface area contributed by atoms with E-state index in [0.717, 1.165) is 62.9 Å². The molecule has 2 fully saturated rings. The number of carbonyl (C=O) groups excluding carboxylic acids is 2. The quantitative estimate of drug-likeness (QED) is 0.446. The molecule has 2 amide bonds. The van der Waals surface area contributed by atoms with Gasteiger partial charge in [0.1, 0.15) is 0 Å². The lowest BCUT2D eigenvalue weighted by Crippen LogP contribution is -2.61. The molecule has 0 saturated carbocycles. The maximum absolute atomic E-state index is 13.2. The number of pyridine rings is 1. The molecular weight excluding hydrogens is 540 g/mol. The zero-order chi connectivity index (χ0) is 28.7. The Bertz CT molecular complexity index is 1500. The number of nitrogens with zero attached hydrogens (tertiary/aromatic N) is 3. The van der Waals surface area contributed by atoms with Crippen LogP contribution in [-0.2, 0) is 22.4 Å². The molecule has 6 rings (SSSR count). The van der Waals surface area contributed by atoms with Crippen molar-refractivity contribution in [1.82, 2.24) is 15.2 Å². The smallest absolute Gasteiger partial charge is 0.405 e. The van der Waals surface area contributed by atoms with Crippen molar-refractivity contribution in [3.63, 3.8) is 0 Å². The van der Waals surface area contributed by atoms with Crippen molar-refractivity contribution in [2.45, 2.75) is 39.2 Å². The number of anilines is 1. The van der Waals surface area contributed by atoms with E-state index in [9.17, 15) is 14.4 Å². The Labute approximate surface area is 243 Å². The summed E-state index contributed by atoms with van der Waals surface area (Å²) >= 11 is 1.62. The molecule has 1 aromatic carbocycles. The number of benzene rings is 1. The molecule has 2 aliphatic heterocycles. The third kappa shape index (κ3) is 5.71. The highest BCUT2D eigenvalue weighted by molar-refractivity contribution is 7.19. The van der Waals surface area contributed by atoms with Gasteiger partial charge < -0.3 is 25.0 Å². The number of thiophene rings is 1. The van der Waals surface area contributed by atoms with Gasteiger partial charge in [-0.3, -0.25) is 14.6 Å². The minimum absolute atomic E-state index is 0.0281. The maximum Gasteiger partial charge on any atom is 0.405 e. The molecule has 9 nitrogen and oxygen atoms in total. The van der Waals surface area contributed by atoms with Gasteiger partial charge in [0, 0.05) is 49.9 Å². The number of hydrogen-bond acceptors (Lipinski definition) is 7. The fourth-order valence-corrected chi connectivity index (χ4v) is 7.34. The fraction of sp³-hybridized carbons (Fsp3) is 0.419. The van der Waals surface area contributed by atoms with Gasteiger partial charge in [0.2, 0.25) is 5.91 Å². The van der Waals surface area contributed by atoms with E-state index in [1.54, 1.807) is 16.2 Å². The van der Waals surface area contributed by atoms with Crippen LogP contribution in [0.25, 0.3) is 22.4 Å². The molecule has 2 aromatic heterocycles. The fourth-order valence-electron chi connectivity index (χ4n) is 6.01. The SMILES string of the molecule is CC1(C)CC(=O)c2sc(N3CCOCC3)c(-c3ccnc(-c4cccc(CC(=O)N5CC(NC(=O)O)C5)c4)c3)c2C1. The third-order valence-corrected chi connectivity index (χ3v) is 9.36. The number of Topliss-reactive ketones (excluding diaryl/α,β-unsaturated/α-hetero) is 1. The molecule has 0 bridgehead atoms. The van der Waals surface area contributed by atoms with Crippen molar-refractivity contribution >= 4 is 34.1 Å². The number of likely N-dealkylation sites (tertiary alicyclic amines) is 1. The molecule has 3 aliphatic rings. The maximum atomic E-state index is 13.2. The zero-order valence-corrected chi connectivity index (χ0v) is 24.1. The minimum atomic E-state index is -1.07. The average Bonchev–Trinajstić information content (AvgIpc) is 3.30. The van der Waals surface area contributed by atoms with E-state index in [1.807, 2.05) is 36.5 Å². The Balaban J connectivity index is 1.29. The van der Waals surface area contributed by atoms with Crippen LogP contribution in [0.15, 0.2) is 42.6 Å². The number of carboxylic acid groups (broad SMARTS) is 1. The Hall–Kier alpha value is -3.76. The predicted octanol–water partition coefficient (Wildman–Crippen LogP) is 4.49. The van der Waals surface area contributed by atoms with Crippen LogP contribution in [0, 0.1) is 5.41 Å². The van der Waals surface area contributed by atoms with E-state index in [4.69, 9.17) is 9.84 Å². The van der Waals surface area contributed by atoms with Crippen molar-refractivity contribution in [1.29, 1.82) is 0 Å². The molecule has 214 valence electrons. The topological polar surface area (TPSA) is 112 Å². The number of morpholine rings is 1. The second kappa shape index (κ2) is 10.9. The molecule has 2 N–H and O–H groups in total. The van der Waals surface area contributed by atoms with Crippen molar-refractivity contribution < 1.29 is 24.2 Å². The van der Waals surface area contributed by atoms with Gasteiger partial charge in [-0.1, -0.05) is 32.0 Å². The van der Waals surface area contributed by atoms with Crippen molar-refractivity contribution in [3.05, 3.63) is 58.6 Å². The summed E-state index contributed by atoms with van der Waals surface area (Å²) in [6.07, 6.45) is 2.40. The number of carbonyl (C=O) groups is 3. The Morgan fingerprint density at radius 2 is 1.90 bits per heavy atom. The van der Waals surface area contributed by atoms with Crippen LogP contribution < -0.4 is 10.2 Å². The molecular formula is C31H34N4O5S. The summed E-state index contributed by atoms with van der Waals surface area (Å²) in [6, 6.07) is 11.8. The van der Waals surface area contributed by atoms with Crippen molar-refractivity contribution in [2.75, 3.05) is 44.3 Å². The standard InChI is InChI=1S/C31H34N4O5S/c1-31(2)15-23-27(29(34-8-10-40-11-9-34)41-28(23)25(36)16-31)21-6-7-32-24(14-21)20-5-3-4-19(12-20)13-26(37)35-17-22(18-35)33-30(38)39/h3-7,12,14,22,33H,8-11,13,15-18H2,1-2H3,(H,38,39). The highest BCUT2D eigenvalue weighted by Crippen LogP contribution is 2.49. The number of fused-ring (bicyclic) bond motifs is 1. The summed E-state index contributed by atoms with van der Waals surface area (Å²) in [5.74, 6) is 0.195. The van der Waals surface area contributed by atoms with Crippen LogP contribution in [0.1, 0.15) is 41.1 Å². The van der Waals surface area contributed by atoms with Gasteiger partial charge in [-0.25, -0.2) is 4.79 Å². The highest BCUT2D eigenvalue weighted by Gasteiger charge is 2.37. The number of ether oxygens (including phenoxy) is 1. The van der Waals surface area contributed by atoms with Crippen LogP contribution in [0.5, 0.6) is 0 Å². The molecule has 0 atom stereocenters. The number of rotatable bonds is 6. The van der Waals surface area contributed by atoms with E-state index in [1.165, 1.54) is 0 Å². The molecule has 0 radical (unpaired) electrons. The molecule has 3 aromatic rings. The molecule has 4 heterocycles. The predicted molar refractivity (Wildman–Crippen MR) is 158 cm³/mol. The van der Waals surface area contributed by atoms with Crippen LogP contribution >= 0.6 is 11.3 Å². The second-order valence-corrected chi connectivity index (χ2v) is 12.9. The first kappa shape index (κ1) is 27.4. The third-order valence-electron chi connectivity index (χ3n) is 8.02. The lowest BCUT2D eigenvalue weighted by atomic mass is 9.75. The molecule has 0 spiro atoms. The lowest BCUT2D eigenvalue weighted by Gasteiger charge is -2.39. The van der Waals surface area contributed by atoms with E-state index >= 15 is 0 Å². The van der Waals surface area contributed by atoms with E-state index in [2.05, 4.69) is 35.1 Å². The molecule has 41 heavy (non-hydrogen) atoms. The number of nitrogens with one attached hydrogen (secondary N) is 1. The lowest BCUT2D eigenvalue weighted by molar-refractivity contribution is -0.135. The minimum Gasteiger partial charge on any atom is -0.465 e. The van der Waals surface area contributed by atoms with Crippen LogP contribution in [0.3, 0.4) is 0 Å². The van der Waals surface area contributed by atoms with Gasteiger partial charge in [0.25, 0.3) is 0 Å². The van der Waals surface area contributed by atoms with Gasteiger partial charge in [0.15, 0.2) is 5.78 Å². The van der Waals surface area contributed by atoms with E-state index in [0.29, 0.717) is 32.7 Å². The normalized spacial score (nSPS) is 18.5. The summed E-state index contributed by atoms with van der Waals surface area (Å²) in [6.45, 7) is 8.04. The summed E-state index contributed by atoms with van der Waals surface area (Å²) in [4.78, 5) is 46.4. The van der Waals surface area contributed by atoms with Gasteiger partial charge in [0.05, 0.1) is 41.2 Å². The number of ketones is 1. The van der Waals surface area contributed by atoms with Crippen LogP contribution in [0.4, 0.5) is 9.80 Å². The molecule has 0 unspecified atom stereocenters. The highest BCUT2D eigenvalue weighted by atomic mass is 32.1. The first-order valence-corrected chi connectivity index (χ1v) is 14.8. The van der Waals surface area contributed by atoms with Gasteiger partial charge >= 0.3 is 6.09 Å². The second-order valence-electron chi connectivity index (χ2n) is 11.9. The van der Waals surface area contributed by atoms with Gasteiger partial charge in [-0.15, -0.1) is 11.3 Å². The van der Waals surface area contributed by atoms with Crippen molar-refractivity contribution in [3.8, 4) is 22.4 Å². The van der Waals surface area contributed by atoms with E-state index < -0.39 is 6.09 Å². The summed E-state index contributed by atoms with van der Waals surface area (Å²) < 4.78 is 5.62. The van der Waals surface area contributed by atoms with Gasteiger partial charge in [-0.05, 0) is 46.7 Å². The number of aromatic nitrogens is 1. The first-order chi connectivity index (χ1) is 19.7. The molecule has 1 aliphatic carbocycles. The summed E-state index contributed by atoms with van der Waals surface area (Å²) in [7, 11) is 0. The first-order valence-electron chi connectivity index (χ1n) is 14.0. The number of amides is 2. The molecule has 10 heteroatoms. The monoisotopic (exact) mass is 574 g/mol. The number of hydrogen-bond donors (Lipinski definition) is 2. The van der Waals surface area contributed by atoms with Crippen molar-refractivity contribution in [2.24, 2.45) is 5.41 Å². The Morgan fingerprint density at radius 1 is 1.12 bits per heavy atom. The zero-order valence-electron chi connectivity index (χ0n) is 23.3. The van der Waals surface area contributed by atoms with Crippen LogP contribution in [0.2, 0.25) is 0 Å².